The Bertz CT molecular complexity index is 201. The van der Waals surface area contributed by atoms with E-state index in [1.165, 1.54) is 0 Å². The molecule has 1 saturated heterocycles. The van der Waals surface area contributed by atoms with Crippen LogP contribution in [-0.4, -0.2) is 32.1 Å². The molecule has 14 heavy (non-hydrogen) atoms. The van der Waals surface area contributed by atoms with Gasteiger partial charge in [0.2, 0.25) is 0 Å². The second-order valence-electron chi connectivity index (χ2n) is 3.29. The third kappa shape index (κ3) is 4.10. The molecule has 1 N–H and O–H groups in total. The molecule has 1 aliphatic heterocycles. The first-order valence-corrected chi connectivity index (χ1v) is 5.23. The van der Waals surface area contributed by atoms with Crippen molar-refractivity contribution in [3.05, 3.63) is 0 Å². The fourth-order valence-electron chi connectivity index (χ4n) is 1.53. The van der Waals surface area contributed by atoms with Crippen molar-refractivity contribution in [2.24, 2.45) is 0 Å². The molecule has 0 aromatic carbocycles. The van der Waals surface area contributed by atoms with E-state index in [0.717, 1.165) is 32.6 Å². The maximum Gasteiger partial charge on any atom is 0.159 e. The molecule has 0 aromatic heterocycles. The molecule has 0 aromatic rings. The van der Waals surface area contributed by atoms with Crippen LogP contribution < -0.4 is 5.32 Å². The fourth-order valence-corrected chi connectivity index (χ4v) is 1.53. The summed E-state index contributed by atoms with van der Waals surface area (Å²) >= 11 is 0. The Labute approximate surface area is 86.2 Å². The standard InChI is InChI=1S/C11H19NO2/c1-3-5-6-10(12-4-2)9-11-13-7-8-14-11/h10-12H,4,6-9H2,1-2H3. The average Bonchev–Trinajstić information content (AvgIpc) is 2.67. The summed E-state index contributed by atoms with van der Waals surface area (Å²) in [4.78, 5) is 0. The summed E-state index contributed by atoms with van der Waals surface area (Å²) in [7, 11) is 0. The van der Waals surface area contributed by atoms with Crippen LogP contribution in [0.2, 0.25) is 0 Å². The molecule has 0 bridgehead atoms. The quantitative estimate of drug-likeness (QED) is 0.670. The van der Waals surface area contributed by atoms with Crippen LogP contribution in [0.5, 0.6) is 0 Å². The van der Waals surface area contributed by atoms with Crippen LogP contribution in [0.1, 0.15) is 26.7 Å². The van der Waals surface area contributed by atoms with Gasteiger partial charge >= 0.3 is 0 Å². The zero-order chi connectivity index (χ0) is 10.2. The molecule has 1 atom stereocenters. The SMILES string of the molecule is CC#CCC(CC1OCCO1)NCC. The van der Waals surface area contributed by atoms with Gasteiger partial charge in [-0.2, -0.15) is 0 Å². The Balaban J connectivity index is 2.27. The lowest BCUT2D eigenvalue weighted by Crippen LogP contribution is -2.32. The molecule has 1 aliphatic rings. The van der Waals surface area contributed by atoms with E-state index in [1.807, 2.05) is 6.92 Å². The molecule has 1 fully saturated rings. The van der Waals surface area contributed by atoms with E-state index in [1.54, 1.807) is 0 Å². The Morgan fingerprint density at radius 3 is 2.71 bits per heavy atom. The number of rotatable bonds is 5. The van der Waals surface area contributed by atoms with Crippen LogP contribution in [-0.2, 0) is 9.47 Å². The predicted octanol–water partition coefficient (Wildman–Crippen LogP) is 1.14. The van der Waals surface area contributed by atoms with Crippen LogP contribution in [0.25, 0.3) is 0 Å². The molecule has 1 unspecified atom stereocenters. The van der Waals surface area contributed by atoms with Crippen molar-refractivity contribution in [3.63, 3.8) is 0 Å². The van der Waals surface area contributed by atoms with E-state index in [-0.39, 0.29) is 6.29 Å². The van der Waals surface area contributed by atoms with E-state index >= 15 is 0 Å². The monoisotopic (exact) mass is 197 g/mol. The molecule has 3 heteroatoms. The first kappa shape index (κ1) is 11.5. The van der Waals surface area contributed by atoms with Crippen molar-refractivity contribution in [3.8, 4) is 11.8 Å². The summed E-state index contributed by atoms with van der Waals surface area (Å²) in [6.45, 7) is 6.38. The third-order valence-electron chi connectivity index (χ3n) is 2.19. The van der Waals surface area contributed by atoms with E-state index in [0.29, 0.717) is 6.04 Å². The highest BCUT2D eigenvalue weighted by atomic mass is 16.7. The van der Waals surface area contributed by atoms with Crippen LogP contribution >= 0.6 is 0 Å². The minimum atomic E-state index is -0.0299. The Hall–Kier alpha value is -0.560. The highest BCUT2D eigenvalue weighted by molar-refractivity contribution is 4.98. The van der Waals surface area contributed by atoms with Crippen molar-refractivity contribution in [1.82, 2.24) is 5.32 Å². The van der Waals surface area contributed by atoms with Gasteiger partial charge in [0, 0.05) is 18.9 Å². The lowest BCUT2D eigenvalue weighted by Gasteiger charge is -2.18. The van der Waals surface area contributed by atoms with Crippen molar-refractivity contribution in [2.75, 3.05) is 19.8 Å². The van der Waals surface area contributed by atoms with Crippen molar-refractivity contribution >= 4 is 0 Å². The molecule has 0 amide bonds. The lowest BCUT2D eigenvalue weighted by molar-refractivity contribution is -0.0523. The molecule has 80 valence electrons. The van der Waals surface area contributed by atoms with E-state index in [9.17, 15) is 0 Å². The van der Waals surface area contributed by atoms with Gasteiger partial charge in [0.25, 0.3) is 0 Å². The van der Waals surface area contributed by atoms with Crippen molar-refractivity contribution in [1.29, 1.82) is 0 Å². The minimum Gasteiger partial charge on any atom is -0.350 e. The van der Waals surface area contributed by atoms with Crippen LogP contribution in [0.3, 0.4) is 0 Å². The second-order valence-corrected chi connectivity index (χ2v) is 3.29. The van der Waals surface area contributed by atoms with Gasteiger partial charge < -0.3 is 14.8 Å². The Morgan fingerprint density at radius 2 is 2.14 bits per heavy atom. The summed E-state index contributed by atoms with van der Waals surface area (Å²) in [6.07, 6.45) is 1.73. The van der Waals surface area contributed by atoms with Crippen molar-refractivity contribution < 1.29 is 9.47 Å². The average molecular weight is 197 g/mol. The lowest BCUT2D eigenvalue weighted by atomic mass is 10.1. The first-order chi connectivity index (χ1) is 6.86. The van der Waals surface area contributed by atoms with Crippen molar-refractivity contribution in [2.45, 2.75) is 39.0 Å². The van der Waals surface area contributed by atoms with Crippen LogP contribution in [0, 0.1) is 11.8 Å². The Kier molecular flexibility index (Phi) is 5.62. The van der Waals surface area contributed by atoms with Gasteiger partial charge in [0.15, 0.2) is 6.29 Å². The van der Waals surface area contributed by atoms with E-state index < -0.39 is 0 Å². The van der Waals surface area contributed by atoms with E-state index in [4.69, 9.17) is 9.47 Å². The smallest absolute Gasteiger partial charge is 0.159 e. The summed E-state index contributed by atoms with van der Waals surface area (Å²) in [5.41, 5.74) is 0. The summed E-state index contributed by atoms with van der Waals surface area (Å²) in [5.74, 6) is 5.99. The summed E-state index contributed by atoms with van der Waals surface area (Å²) in [6, 6.07) is 0.385. The number of hydrogen-bond acceptors (Lipinski definition) is 3. The fraction of sp³-hybridized carbons (Fsp3) is 0.818. The maximum atomic E-state index is 5.40. The molecular weight excluding hydrogens is 178 g/mol. The molecule has 1 rings (SSSR count). The van der Waals surface area contributed by atoms with Gasteiger partial charge in [-0.3, -0.25) is 0 Å². The molecule has 0 aliphatic carbocycles. The van der Waals surface area contributed by atoms with Gasteiger partial charge in [0.05, 0.1) is 13.2 Å². The second kappa shape index (κ2) is 6.83. The number of hydrogen-bond donors (Lipinski definition) is 1. The molecular formula is C11H19NO2. The van der Waals surface area contributed by atoms with Gasteiger partial charge in [-0.25, -0.2) is 0 Å². The normalized spacial score (nSPS) is 19.0. The first-order valence-electron chi connectivity index (χ1n) is 5.23. The van der Waals surface area contributed by atoms with Crippen LogP contribution in [0.15, 0.2) is 0 Å². The van der Waals surface area contributed by atoms with Gasteiger partial charge in [-0.1, -0.05) is 6.92 Å². The molecule has 3 nitrogen and oxygen atoms in total. The third-order valence-corrected chi connectivity index (χ3v) is 2.19. The molecule has 0 saturated carbocycles. The Morgan fingerprint density at radius 1 is 1.43 bits per heavy atom. The maximum absolute atomic E-state index is 5.40. The van der Waals surface area contributed by atoms with E-state index in [2.05, 4.69) is 24.1 Å². The predicted molar refractivity (Wildman–Crippen MR) is 55.8 cm³/mol. The van der Waals surface area contributed by atoms with Gasteiger partial charge in [0.1, 0.15) is 0 Å². The van der Waals surface area contributed by atoms with Crippen LogP contribution in [0.4, 0.5) is 0 Å². The highest BCUT2D eigenvalue weighted by Crippen LogP contribution is 2.11. The molecule has 0 spiro atoms. The zero-order valence-corrected chi connectivity index (χ0v) is 9.01. The van der Waals surface area contributed by atoms with Gasteiger partial charge in [-0.15, -0.1) is 11.8 Å². The molecule has 1 heterocycles. The summed E-state index contributed by atoms with van der Waals surface area (Å²) < 4.78 is 10.8. The summed E-state index contributed by atoms with van der Waals surface area (Å²) in [5, 5.41) is 3.38. The topological polar surface area (TPSA) is 30.5 Å². The number of ether oxygens (including phenoxy) is 2. The zero-order valence-electron chi connectivity index (χ0n) is 9.01. The highest BCUT2D eigenvalue weighted by Gasteiger charge is 2.20. The van der Waals surface area contributed by atoms with Gasteiger partial charge in [-0.05, 0) is 13.5 Å². The number of nitrogens with one attached hydrogen (secondary N) is 1. The minimum absolute atomic E-state index is 0.0299. The molecule has 0 radical (unpaired) electrons. The largest absolute Gasteiger partial charge is 0.350 e.